The van der Waals surface area contributed by atoms with Crippen molar-refractivity contribution in [2.75, 3.05) is 32.6 Å². The SMILES string of the molecule is CCOC(=O)COc1ccccc1NC(=O)c1ccc(Cl)c(S(=O)(=O)N=CN(C)C)c1. The summed E-state index contributed by atoms with van der Waals surface area (Å²) in [5.74, 6) is -0.896. The van der Waals surface area contributed by atoms with Gasteiger partial charge in [0, 0.05) is 19.7 Å². The van der Waals surface area contributed by atoms with E-state index in [2.05, 4.69) is 9.71 Å². The molecule has 0 aliphatic rings. The molecule has 0 atom stereocenters. The number of sulfonamides is 1. The monoisotopic (exact) mass is 467 g/mol. The molecule has 2 rings (SSSR count). The van der Waals surface area contributed by atoms with Crippen molar-refractivity contribution in [1.82, 2.24) is 4.90 Å². The lowest BCUT2D eigenvalue weighted by atomic mass is 10.2. The average Bonchev–Trinajstić information content (AvgIpc) is 2.72. The molecule has 0 unspecified atom stereocenters. The van der Waals surface area contributed by atoms with Gasteiger partial charge in [-0.2, -0.15) is 8.42 Å². The number of esters is 1. The number of nitrogens with one attached hydrogen (secondary N) is 1. The first-order valence-electron chi connectivity index (χ1n) is 9.09. The molecular formula is C20H22ClN3O6S. The van der Waals surface area contributed by atoms with E-state index in [1.807, 2.05) is 0 Å². The van der Waals surface area contributed by atoms with E-state index >= 15 is 0 Å². The second-order valence-electron chi connectivity index (χ2n) is 6.35. The van der Waals surface area contributed by atoms with Crippen LogP contribution in [0.3, 0.4) is 0 Å². The van der Waals surface area contributed by atoms with E-state index in [0.717, 1.165) is 12.4 Å². The second kappa shape index (κ2) is 10.8. The summed E-state index contributed by atoms with van der Waals surface area (Å²) < 4.78 is 38.6. The number of carbonyl (C=O) groups excluding carboxylic acids is 2. The number of hydrogen-bond acceptors (Lipinski definition) is 6. The molecule has 0 aliphatic carbocycles. The Bertz CT molecular complexity index is 1090. The molecule has 2 aromatic rings. The van der Waals surface area contributed by atoms with Gasteiger partial charge in [0.05, 0.1) is 17.3 Å². The third-order valence-corrected chi connectivity index (χ3v) is 5.38. The number of nitrogens with zero attached hydrogens (tertiary/aromatic N) is 2. The predicted octanol–water partition coefficient (Wildman–Crippen LogP) is 2.81. The molecule has 166 valence electrons. The van der Waals surface area contributed by atoms with E-state index in [0.29, 0.717) is 5.69 Å². The zero-order chi connectivity index (χ0) is 23.0. The maximum atomic E-state index is 12.7. The third-order valence-electron chi connectivity index (χ3n) is 3.67. The fraction of sp³-hybridized carbons (Fsp3) is 0.250. The van der Waals surface area contributed by atoms with Crippen molar-refractivity contribution in [3.8, 4) is 5.75 Å². The van der Waals surface area contributed by atoms with E-state index in [4.69, 9.17) is 21.1 Å². The van der Waals surface area contributed by atoms with Crippen LogP contribution >= 0.6 is 11.6 Å². The van der Waals surface area contributed by atoms with Gasteiger partial charge in [-0.1, -0.05) is 23.7 Å². The number of anilines is 1. The Balaban J connectivity index is 2.25. The summed E-state index contributed by atoms with van der Waals surface area (Å²) in [5.41, 5.74) is 0.338. The van der Waals surface area contributed by atoms with Gasteiger partial charge in [0.2, 0.25) is 0 Å². The smallest absolute Gasteiger partial charge is 0.344 e. The normalized spacial score (nSPS) is 11.2. The van der Waals surface area contributed by atoms with Crippen LogP contribution in [0.15, 0.2) is 51.8 Å². The molecule has 1 amide bonds. The molecule has 0 spiro atoms. The molecule has 0 bridgehead atoms. The van der Waals surface area contributed by atoms with Gasteiger partial charge in [-0.05, 0) is 37.3 Å². The summed E-state index contributed by atoms with van der Waals surface area (Å²) in [4.78, 5) is 25.4. The molecule has 0 saturated heterocycles. The number of rotatable bonds is 9. The minimum atomic E-state index is -4.11. The van der Waals surface area contributed by atoms with Crippen LogP contribution in [0.5, 0.6) is 5.75 Å². The van der Waals surface area contributed by atoms with Crippen LogP contribution in [-0.4, -0.2) is 58.8 Å². The summed E-state index contributed by atoms with van der Waals surface area (Å²) in [6.07, 6.45) is 1.12. The van der Waals surface area contributed by atoms with Crippen LogP contribution < -0.4 is 10.1 Å². The highest BCUT2D eigenvalue weighted by Gasteiger charge is 2.20. The van der Waals surface area contributed by atoms with Crippen molar-refractivity contribution < 1.29 is 27.5 Å². The first-order chi connectivity index (χ1) is 14.6. The minimum absolute atomic E-state index is 0.0447. The highest BCUT2D eigenvalue weighted by molar-refractivity contribution is 7.90. The molecule has 0 aliphatic heterocycles. The van der Waals surface area contributed by atoms with Gasteiger partial charge in [0.15, 0.2) is 6.61 Å². The number of carbonyl (C=O) groups is 2. The predicted molar refractivity (Wildman–Crippen MR) is 117 cm³/mol. The average molecular weight is 468 g/mol. The number of para-hydroxylation sites is 2. The molecule has 2 aromatic carbocycles. The van der Waals surface area contributed by atoms with Crippen molar-refractivity contribution in [1.29, 1.82) is 0 Å². The Kier molecular flexibility index (Phi) is 8.40. The van der Waals surface area contributed by atoms with Gasteiger partial charge in [-0.15, -0.1) is 4.40 Å². The Labute approximate surface area is 185 Å². The highest BCUT2D eigenvalue weighted by Crippen LogP contribution is 2.27. The van der Waals surface area contributed by atoms with E-state index in [9.17, 15) is 18.0 Å². The first-order valence-corrected chi connectivity index (χ1v) is 10.9. The van der Waals surface area contributed by atoms with Crippen LogP contribution in [0, 0.1) is 0 Å². The molecule has 11 heteroatoms. The lowest BCUT2D eigenvalue weighted by Crippen LogP contribution is -2.17. The lowest BCUT2D eigenvalue weighted by molar-refractivity contribution is -0.145. The zero-order valence-electron chi connectivity index (χ0n) is 17.2. The molecule has 0 aromatic heterocycles. The van der Waals surface area contributed by atoms with Gasteiger partial charge in [0.1, 0.15) is 17.0 Å². The summed E-state index contributed by atoms with van der Waals surface area (Å²) >= 11 is 6.02. The van der Waals surface area contributed by atoms with E-state index in [1.165, 1.54) is 17.0 Å². The molecule has 0 heterocycles. The maximum Gasteiger partial charge on any atom is 0.344 e. The Hall–Kier alpha value is -3.11. The van der Waals surface area contributed by atoms with Crippen molar-refractivity contribution in [2.24, 2.45) is 4.40 Å². The number of halogens is 1. The third kappa shape index (κ3) is 6.97. The second-order valence-corrected chi connectivity index (χ2v) is 8.36. The first kappa shape index (κ1) is 24.2. The van der Waals surface area contributed by atoms with Gasteiger partial charge in [-0.3, -0.25) is 4.79 Å². The van der Waals surface area contributed by atoms with Crippen LogP contribution in [0.4, 0.5) is 5.69 Å². The standard InChI is InChI=1S/C20H22ClN3O6S/c1-4-29-19(25)12-30-17-8-6-5-7-16(17)23-20(26)14-9-10-15(21)18(11-14)31(27,28)22-13-24(2)3/h5-11,13H,4,12H2,1-3H3,(H,23,26). The van der Waals surface area contributed by atoms with Crippen LogP contribution in [0.2, 0.25) is 5.02 Å². The van der Waals surface area contributed by atoms with Crippen molar-refractivity contribution >= 4 is 45.5 Å². The molecule has 1 N–H and O–H groups in total. The molecule has 0 fully saturated rings. The molecular weight excluding hydrogens is 446 g/mol. The van der Waals surface area contributed by atoms with Gasteiger partial charge < -0.3 is 19.7 Å². The fourth-order valence-corrected chi connectivity index (χ4v) is 3.71. The van der Waals surface area contributed by atoms with Crippen molar-refractivity contribution in [3.63, 3.8) is 0 Å². The Morgan fingerprint density at radius 1 is 1.19 bits per heavy atom. The van der Waals surface area contributed by atoms with Gasteiger partial charge in [0.25, 0.3) is 15.9 Å². The topological polar surface area (TPSA) is 114 Å². The number of hydrogen-bond donors (Lipinski definition) is 1. The van der Waals surface area contributed by atoms with Crippen molar-refractivity contribution in [3.05, 3.63) is 53.1 Å². The van der Waals surface area contributed by atoms with Gasteiger partial charge >= 0.3 is 5.97 Å². The summed E-state index contributed by atoms with van der Waals surface area (Å²) in [7, 11) is -0.873. The van der Waals surface area contributed by atoms with Crippen LogP contribution in [-0.2, 0) is 19.6 Å². The van der Waals surface area contributed by atoms with Crippen molar-refractivity contribution in [2.45, 2.75) is 11.8 Å². The van der Waals surface area contributed by atoms with Crippen LogP contribution in [0.1, 0.15) is 17.3 Å². The molecule has 0 radical (unpaired) electrons. The quantitative estimate of drug-likeness (QED) is 0.342. The van der Waals surface area contributed by atoms with E-state index in [-0.39, 0.29) is 34.4 Å². The number of benzene rings is 2. The maximum absolute atomic E-state index is 12.7. The largest absolute Gasteiger partial charge is 0.480 e. The van der Waals surface area contributed by atoms with E-state index in [1.54, 1.807) is 45.3 Å². The molecule has 31 heavy (non-hydrogen) atoms. The zero-order valence-corrected chi connectivity index (χ0v) is 18.7. The van der Waals surface area contributed by atoms with Gasteiger partial charge in [-0.25, -0.2) is 4.79 Å². The highest BCUT2D eigenvalue weighted by atomic mass is 35.5. The Morgan fingerprint density at radius 2 is 1.90 bits per heavy atom. The summed E-state index contributed by atoms with van der Waals surface area (Å²) in [5, 5.41) is 2.57. The fourth-order valence-electron chi connectivity index (χ4n) is 2.28. The summed E-state index contributed by atoms with van der Waals surface area (Å²) in [6.45, 7) is 1.58. The summed E-state index contributed by atoms with van der Waals surface area (Å²) in [6, 6.07) is 10.3. The number of amides is 1. The van der Waals surface area contributed by atoms with E-state index < -0.39 is 21.9 Å². The van der Waals surface area contributed by atoms with Crippen LogP contribution in [0.25, 0.3) is 0 Å². The Morgan fingerprint density at radius 3 is 2.58 bits per heavy atom. The molecule has 9 nitrogen and oxygen atoms in total. The lowest BCUT2D eigenvalue weighted by Gasteiger charge is -2.12. The molecule has 0 saturated carbocycles. The minimum Gasteiger partial charge on any atom is -0.480 e. The number of ether oxygens (including phenoxy) is 2.